The van der Waals surface area contributed by atoms with Gasteiger partial charge in [-0.25, -0.2) is 9.97 Å². The van der Waals surface area contributed by atoms with Crippen LogP contribution in [0.4, 0.5) is 0 Å². The minimum atomic E-state index is 0.363. The first kappa shape index (κ1) is 11.0. The van der Waals surface area contributed by atoms with E-state index in [1.165, 1.54) is 0 Å². The van der Waals surface area contributed by atoms with Crippen molar-refractivity contribution >= 4 is 45.8 Å². The van der Waals surface area contributed by atoms with E-state index in [2.05, 4.69) is 15.0 Å². The molecule has 0 bridgehead atoms. The minimum absolute atomic E-state index is 0.363. The molecule has 0 amide bonds. The van der Waals surface area contributed by atoms with Crippen LogP contribution in [0.1, 0.15) is 0 Å². The molecule has 0 aliphatic rings. The number of nitrogens with zero attached hydrogens (tertiary/aromatic N) is 3. The number of hydrogen-bond donors (Lipinski definition) is 0. The van der Waals surface area contributed by atoms with Crippen LogP contribution >= 0.6 is 45.8 Å². The number of rotatable bonds is 1. The molecule has 2 heterocycles. The fourth-order valence-corrected chi connectivity index (χ4v) is 1.65. The Hall–Kier alpha value is -0.460. The summed E-state index contributed by atoms with van der Waals surface area (Å²) in [6.07, 6.45) is 3.33. The average molecular weight is 352 g/mol. The molecule has 0 aliphatic carbocycles. The molecule has 0 radical (unpaired) electrons. The molecule has 0 fully saturated rings. The fraction of sp³-hybridized carbons (Fsp3) is 0. The second-order valence-electron chi connectivity index (χ2n) is 2.68. The van der Waals surface area contributed by atoms with Crippen LogP contribution in [0.2, 0.25) is 10.3 Å². The average Bonchev–Trinajstić information content (AvgIpc) is 2.26. The molecule has 15 heavy (non-hydrogen) atoms. The summed E-state index contributed by atoms with van der Waals surface area (Å²) in [5, 5.41) is 0.727. The Morgan fingerprint density at radius 3 is 2.07 bits per heavy atom. The van der Waals surface area contributed by atoms with Crippen LogP contribution in [0, 0.1) is 3.57 Å². The lowest BCUT2D eigenvalue weighted by molar-refractivity contribution is 1.15. The van der Waals surface area contributed by atoms with Crippen molar-refractivity contribution in [1.82, 2.24) is 15.0 Å². The first-order chi connectivity index (χ1) is 7.18. The molecular weight excluding hydrogens is 348 g/mol. The molecule has 0 atom stereocenters. The molecule has 2 aromatic rings. The molecule has 0 N–H and O–H groups in total. The monoisotopic (exact) mass is 351 g/mol. The third kappa shape index (κ3) is 2.38. The smallest absolute Gasteiger partial charge is 0.162 e. The number of halogens is 3. The normalized spacial score (nSPS) is 10.3. The van der Waals surface area contributed by atoms with Crippen LogP contribution < -0.4 is 0 Å². The summed E-state index contributed by atoms with van der Waals surface area (Å²) in [6, 6.07) is 3.60. The highest BCUT2D eigenvalue weighted by molar-refractivity contribution is 14.1. The van der Waals surface area contributed by atoms with Crippen molar-refractivity contribution in [3.05, 3.63) is 38.4 Å². The van der Waals surface area contributed by atoms with Gasteiger partial charge < -0.3 is 0 Å². The van der Waals surface area contributed by atoms with E-state index in [0.29, 0.717) is 19.7 Å². The number of aromatic nitrogens is 3. The van der Waals surface area contributed by atoms with Gasteiger partial charge in [0.15, 0.2) is 5.82 Å². The predicted octanol–water partition coefficient (Wildman–Crippen LogP) is 3.45. The van der Waals surface area contributed by atoms with Gasteiger partial charge in [-0.05, 0) is 34.7 Å². The van der Waals surface area contributed by atoms with Gasteiger partial charge in [-0.3, -0.25) is 4.98 Å². The lowest BCUT2D eigenvalue weighted by Gasteiger charge is -2.02. The van der Waals surface area contributed by atoms with E-state index in [0.717, 1.165) is 5.56 Å². The van der Waals surface area contributed by atoms with Crippen LogP contribution in [0.15, 0.2) is 24.5 Å². The van der Waals surface area contributed by atoms with E-state index in [1.807, 2.05) is 22.6 Å². The Kier molecular flexibility index (Phi) is 3.38. The summed E-state index contributed by atoms with van der Waals surface area (Å²) in [7, 11) is 0. The zero-order valence-electron chi connectivity index (χ0n) is 7.28. The van der Waals surface area contributed by atoms with E-state index >= 15 is 0 Å². The van der Waals surface area contributed by atoms with Crippen LogP contribution in [0.5, 0.6) is 0 Å². The highest BCUT2D eigenvalue weighted by atomic mass is 127. The van der Waals surface area contributed by atoms with Crippen LogP contribution in [-0.2, 0) is 0 Å². The summed E-state index contributed by atoms with van der Waals surface area (Å²) in [5.74, 6) is 0.507. The molecule has 0 aromatic carbocycles. The summed E-state index contributed by atoms with van der Waals surface area (Å²) in [6.45, 7) is 0. The van der Waals surface area contributed by atoms with Crippen molar-refractivity contribution in [1.29, 1.82) is 0 Å². The largest absolute Gasteiger partial charge is 0.265 e. The van der Waals surface area contributed by atoms with Crippen molar-refractivity contribution < 1.29 is 0 Å². The zero-order chi connectivity index (χ0) is 10.8. The van der Waals surface area contributed by atoms with E-state index in [-0.39, 0.29) is 0 Å². The molecule has 0 aliphatic heterocycles. The van der Waals surface area contributed by atoms with Gasteiger partial charge >= 0.3 is 0 Å². The maximum atomic E-state index is 5.91. The second kappa shape index (κ2) is 4.59. The molecule has 0 saturated heterocycles. The minimum Gasteiger partial charge on any atom is -0.265 e. The van der Waals surface area contributed by atoms with Crippen LogP contribution in [-0.4, -0.2) is 15.0 Å². The van der Waals surface area contributed by atoms with Crippen molar-refractivity contribution in [2.75, 3.05) is 0 Å². The van der Waals surface area contributed by atoms with Crippen molar-refractivity contribution in [3.63, 3.8) is 0 Å². The van der Waals surface area contributed by atoms with E-state index in [1.54, 1.807) is 24.5 Å². The van der Waals surface area contributed by atoms with Crippen molar-refractivity contribution in [2.45, 2.75) is 0 Å². The molecule has 2 aromatic heterocycles. The van der Waals surface area contributed by atoms with Gasteiger partial charge in [-0.15, -0.1) is 0 Å². The predicted molar refractivity (Wildman–Crippen MR) is 68.0 cm³/mol. The molecule has 0 saturated carbocycles. The highest BCUT2D eigenvalue weighted by Crippen LogP contribution is 2.26. The van der Waals surface area contributed by atoms with E-state index < -0.39 is 0 Å². The standard InChI is InChI=1S/C9H4Cl2IN3/c10-7-6(12)8(11)15-9(14-7)5-1-3-13-4-2-5/h1-4H. The third-order valence-electron chi connectivity index (χ3n) is 1.71. The summed E-state index contributed by atoms with van der Waals surface area (Å²) < 4.78 is 0.661. The maximum absolute atomic E-state index is 5.91. The summed E-state index contributed by atoms with van der Waals surface area (Å²) >= 11 is 13.8. The second-order valence-corrected chi connectivity index (χ2v) is 4.47. The molecule has 0 spiro atoms. The Labute approximate surface area is 110 Å². The Bertz CT molecular complexity index is 467. The molecular formula is C9H4Cl2IN3. The quantitative estimate of drug-likeness (QED) is 0.583. The van der Waals surface area contributed by atoms with Crippen LogP contribution in [0.25, 0.3) is 11.4 Å². The van der Waals surface area contributed by atoms with E-state index in [9.17, 15) is 0 Å². The fourth-order valence-electron chi connectivity index (χ4n) is 1.02. The summed E-state index contributed by atoms with van der Waals surface area (Å²) in [5.41, 5.74) is 0.838. The highest BCUT2D eigenvalue weighted by Gasteiger charge is 2.09. The Morgan fingerprint density at radius 1 is 1.00 bits per heavy atom. The van der Waals surface area contributed by atoms with Crippen LogP contribution in [0.3, 0.4) is 0 Å². The van der Waals surface area contributed by atoms with Gasteiger partial charge in [-0.1, -0.05) is 23.2 Å². The lowest BCUT2D eigenvalue weighted by atomic mass is 10.2. The Balaban J connectivity index is 2.56. The maximum Gasteiger partial charge on any atom is 0.162 e. The van der Waals surface area contributed by atoms with Gasteiger partial charge in [0, 0.05) is 18.0 Å². The number of hydrogen-bond acceptors (Lipinski definition) is 3. The van der Waals surface area contributed by atoms with Gasteiger partial charge in [0.1, 0.15) is 10.3 Å². The van der Waals surface area contributed by atoms with Gasteiger partial charge in [-0.2, -0.15) is 0 Å². The lowest BCUT2D eigenvalue weighted by Crippen LogP contribution is -1.93. The Morgan fingerprint density at radius 2 is 1.53 bits per heavy atom. The topological polar surface area (TPSA) is 38.7 Å². The van der Waals surface area contributed by atoms with Crippen molar-refractivity contribution in [3.8, 4) is 11.4 Å². The van der Waals surface area contributed by atoms with E-state index in [4.69, 9.17) is 23.2 Å². The molecule has 76 valence electrons. The number of pyridine rings is 1. The third-order valence-corrected chi connectivity index (χ3v) is 3.92. The first-order valence-electron chi connectivity index (χ1n) is 3.97. The van der Waals surface area contributed by atoms with Crippen molar-refractivity contribution in [2.24, 2.45) is 0 Å². The van der Waals surface area contributed by atoms with Gasteiger partial charge in [0.25, 0.3) is 0 Å². The van der Waals surface area contributed by atoms with Gasteiger partial charge in [0.2, 0.25) is 0 Å². The zero-order valence-corrected chi connectivity index (χ0v) is 11.0. The first-order valence-corrected chi connectivity index (χ1v) is 5.81. The molecule has 6 heteroatoms. The molecule has 3 nitrogen and oxygen atoms in total. The van der Waals surface area contributed by atoms with Gasteiger partial charge in [0.05, 0.1) is 3.57 Å². The molecule has 2 rings (SSSR count). The summed E-state index contributed by atoms with van der Waals surface area (Å²) in [4.78, 5) is 12.2. The SMILES string of the molecule is Clc1nc(-c2ccncc2)nc(Cl)c1I. The molecule has 0 unspecified atom stereocenters.